The van der Waals surface area contributed by atoms with Crippen molar-refractivity contribution in [2.24, 2.45) is 0 Å². The summed E-state index contributed by atoms with van der Waals surface area (Å²) in [6, 6.07) is 10.6. The third kappa shape index (κ3) is 2.38. The minimum atomic E-state index is -0.960. The second-order valence-electron chi connectivity index (χ2n) is 4.44. The lowest BCUT2D eigenvalue weighted by Crippen LogP contribution is -1.96. The molecule has 0 aliphatic carbocycles. The van der Waals surface area contributed by atoms with E-state index in [0.29, 0.717) is 5.52 Å². The molecule has 0 amide bonds. The number of aromatic carboxylic acids is 1. The lowest BCUT2D eigenvalue weighted by Gasteiger charge is -2.08. The smallest absolute Gasteiger partial charge is 0.335 e. The van der Waals surface area contributed by atoms with Gasteiger partial charge in [-0.25, -0.2) is 9.78 Å². The molecule has 1 N–H and O–H groups in total. The number of nitrogens with zero attached hydrogens (tertiary/aromatic N) is 2. The molecule has 0 fully saturated rings. The molecule has 0 atom stereocenters. The minimum Gasteiger partial charge on any atom is -0.496 e. The van der Waals surface area contributed by atoms with Crippen LogP contribution in [-0.4, -0.2) is 27.7 Å². The fourth-order valence-corrected chi connectivity index (χ4v) is 2.69. The first kappa shape index (κ1) is 13.6. The molecular weight excluding hydrogens is 336 g/mol. The third-order valence-electron chi connectivity index (χ3n) is 3.21. The fraction of sp³-hybridized carbons (Fsp3) is 0.0667. The number of hydrogen-bond acceptors (Lipinski definition) is 3. The van der Waals surface area contributed by atoms with Gasteiger partial charge in [0, 0.05) is 5.69 Å². The molecule has 1 aromatic heterocycles. The Balaban J connectivity index is 2.13. The molecule has 3 rings (SSSR count). The maximum atomic E-state index is 11.0. The number of halogens is 1. The summed E-state index contributed by atoms with van der Waals surface area (Å²) >= 11 is 3.45. The van der Waals surface area contributed by atoms with Crippen LogP contribution in [0.2, 0.25) is 0 Å². The number of fused-ring (bicyclic) bond motifs is 1. The van der Waals surface area contributed by atoms with Gasteiger partial charge < -0.3 is 9.84 Å². The van der Waals surface area contributed by atoms with Gasteiger partial charge in [0.05, 0.1) is 28.2 Å². The topological polar surface area (TPSA) is 64.4 Å². The highest BCUT2D eigenvalue weighted by atomic mass is 79.9. The summed E-state index contributed by atoms with van der Waals surface area (Å²) in [4.78, 5) is 15.2. The first-order chi connectivity index (χ1) is 10.1. The van der Waals surface area contributed by atoms with Gasteiger partial charge in [0.15, 0.2) is 0 Å². The average molecular weight is 347 g/mol. The molecule has 0 aliphatic rings. The van der Waals surface area contributed by atoms with Gasteiger partial charge in [0.25, 0.3) is 0 Å². The first-order valence-electron chi connectivity index (χ1n) is 6.14. The number of benzene rings is 2. The van der Waals surface area contributed by atoms with Crippen molar-refractivity contribution < 1.29 is 14.6 Å². The zero-order chi connectivity index (χ0) is 15.0. The van der Waals surface area contributed by atoms with E-state index in [1.54, 1.807) is 31.6 Å². The van der Waals surface area contributed by atoms with Gasteiger partial charge in [-0.05, 0) is 52.3 Å². The predicted octanol–water partition coefficient (Wildman–Crippen LogP) is 3.49. The minimum absolute atomic E-state index is 0.226. The lowest BCUT2D eigenvalue weighted by atomic mass is 10.2. The van der Waals surface area contributed by atoms with Crippen LogP contribution in [0.5, 0.6) is 5.75 Å². The maximum absolute atomic E-state index is 11.0. The van der Waals surface area contributed by atoms with Crippen molar-refractivity contribution in [3.63, 3.8) is 0 Å². The summed E-state index contributed by atoms with van der Waals surface area (Å²) < 4.78 is 7.94. The normalized spacial score (nSPS) is 10.8. The molecule has 0 saturated carbocycles. The molecule has 0 unspecified atom stereocenters. The van der Waals surface area contributed by atoms with Gasteiger partial charge in [-0.3, -0.25) is 4.57 Å². The Kier molecular flexibility index (Phi) is 3.39. The highest BCUT2D eigenvalue weighted by Crippen LogP contribution is 2.28. The van der Waals surface area contributed by atoms with E-state index in [1.807, 2.05) is 22.8 Å². The van der Waals surface area contributed by atoms with E-state index in [0.717, 1.165) is 21.4 Å². The van der Waals surface area contributed by atoms with Crippen molar-refractivity contribution >= 4 is 32.9 Å². The van der Waals surface area contributed by atoms with Gasteiger partial charge in [0.2, 0.25) is 0 Å². The van der Waals surface area contributed by atoms with Crippen LogP contribution in [0.25, 0.3) is 16.7 Å². The number of ether oxygens (including phenoxy) is 1. The van der Waals surface area contributed by atoms with Crippen LogP contribution in [0.1, 0.15) is 10.4 Å². The van der Waals surface area contributed by atoms with Crippen molar-refractivity contribution in [2.75, 3.05) is 7.11 Å². The molecule has 0 radical (unpaired) electrons. The van der Waals surface area contributed by atoms with E-state index in [4.69, 9.17) is 9.84 Å². The van der Waals surface area contributed by atoms with E-state index >= 15 is 0 Å². The van der Waals surface area contributed by atoms with Crippen LogP contribution in [0.3, 0.4) is 0 Å². The highest BCUT2D eigenvalue weighted by Gasteiger charge is 2.10. The molecule has 0 aliphatic heterocycles. The van der Waals surface area contributed by atoms with E-state index < -0.39 is 5.97 Å². The standard InChI is InChI=1S/C15H11BrN2O3/c1-21-14-5-3-10(7-11(14)16)18-8-17-12-6-9(15(19)20)2-4-13(12)18/h2-8H,1H3,(H,19,20). The molecule has 2 aromatic carbocycles. The first-order valence-corrected chi connectivity index (χ1v) is 6.94. The van der Waals surface area contributed by atoms with Crippen molar-refractivity contribution in [1.29, 1.82) is 0 Å². The molecule has 1 heterocycles. The van der Waals surface area contributed by atoms with Crippen LogP contribution < -0.4 is 4.74 Å². The molecule has 0 bridgehead atoms. The van der Waals surface area contributed by atoms with Crippen LogP contribution in [0, 0.1) is 0 Å². The second-order valence-corrected chi connectivity index (χ2v) is 5.30. The average Bonchev–Trinajstić information content (AvgIpc) is 2.90. The Morgan fingerprint density at radius 1 is 1.29 bits per heavy atom. The molecule has 0 spiro atoms. The number of hydrogen-bond donors (Lipinski definition) is 1. The number of carboxylic acid groups (broad SMARTS) is 1. The van der Waals surface area contributed by atoms with Gasteiger partial charge in [-0.1, -0.05) is 0 Å². The molecule has 0 saturated heterocycles. The Hall–Kier alpha value is -2.34. The van der Waals surface area contributed by atoms with Gasteiger partial charge in [-0.15, -0.1) is 0 Å². The van der Waals surface area contributed by atoms with Crippen LogP contribution in [0.15, 0.2) is 47.2 Å². The third-order valence-corrected chi connectivity index (χ3v) is 3.83. The number of rotatable bonds is 3. The molecule has 6 heteroatoms. The Labute approximate surface area is 128 Å². The highest BCUT2D eigenvalue weighted by molar-refractivity contribution is 9.10. The van der Waals surface area contributed by atoms with Gasteiger partial charge >= 0.3 is 5.97 Å². The van der Waals surface area contributed by atoms with Crippen LogP contribution >= 0.6 is 15.9 Å². The van der Waals surface area contributed by atoms with E-state index in [9.17, 15) is 4.79 Å². The summed E-state index contributed by atoms with van der Waals surface area (Å²) in [7, 11) is 1.61. The van der Waals surface area contributed by atoms with Crippen molar-refractivity contribution in [3.05, 3.63) is 52.8 Å². The zero-order valence-electron chi connectivity index (χ0n) is 11.1. The SMILES string of the molecule is COc1ccc(-n2cnc3cc(C(=O)O)ccc32)cc1Br. The summed E-state index contributed by atoms with van der Waals surface area (Å²) in [5.41, 5.74) is 2.62. The zero-order valence-corrected chi connectivity index (χ0v) is 12.7. The van der Waals surface area contributed by atoms with Gasteiger partial charge in [-0.2, -0.15) is 0 Å². The second kappa shape index (κ2) is 5.21. The summed E-state index contributed by atoms with van der Waals surface area (Å²) in [5.74, 6) is -0.213. The lowest BCUT2D eigenvalue weighted by molar-refractivity contribution is 0.0697. The monoisotopic (exact) mass is 346 g/mol. The van der Waals surface area contributed by atoms with E-state index in [1.165, 1.54) is 0 Å². The summed E-state index contributed by atoms with van der Waals surface area (Å²) in [6.45, 7) is 0. The van der Waals surface area contributed by atoms with E-state index in [2.05, 4.69) is 20.9 Å². The number of imidazole rings is 1. The van der Waals surface area contributed by atoms with Crippen molar-refractivity contribution in [1.82, 2.24) is 9.55 Å². The number of carbonyl (C=O) groups is 1. The largest absolute Gasteiger partial charge is 0.496 e. The quantitative estimate of drug-likeness (QED) is 0.788. The number of carboxylic acids is 1. The Bertz CT molecular complexity index is 842. The molecule has 21 heavy (non-hydrogen) atoms. The van der Waals surface area contributed by atoms with Crippen LogP contribution in [0.4, 0.5) is 0 Å². The van der Waals surface area contributed by atoms with Crippen molar-refractivity contribution in [2.45, 2.75) is 0 Å². The maximum Gasteiger partial charge on any atom is 0.335 e. The predicted molar refractivity (Wildman–Crippen MR) is 82.3 cm³/mol. The summed E-state index contributed by atoms with van der Waals surface area (Å²) in [6.07, 6.45) is 1.67. The molecule has 5 nitrogen and oxygen atoms in total. The number of methoxy groups -OCH3 is 1. The van der Waals surface area contributed by atoms with E-state index in [-0.39, 0.29) is 5.56 Å². The molecule has 106 valence electrons. The fourth-order valence-electron chi connectivity index (χ4n) is 2.16. The van der Waals surface area contributed by atoms with Gasteiger partial charge in [0.1, 0.15) is 12.1 Å². The van der Waals surface area contributed by atoms with Crippen LogP contribution in [-0.2, 0) is 0 Å². The molecular formula is C15H11BrN2O3. The Morgan fingerprint density at radius 3 is 2.76 bits per heavy atom. The summed E-state index contributed by atoms with van der Waals surface area (Å²) in [5, 5.41) is 9.01. The Morgan fingerprint density at radius 2 is 2.10 bits per heavy atom. The molecule has 3 aromatic rings. The van der Waals surface area contributed by atoms with Crippen molar-refractivity contribution in [3.8, 4) is 11.4 Å². The number of aromatic nitrogens is 2.